The summed E-state index contributed by atoms with van der Waals surface area (Å²) in [5, 5.41) is 0. The van der Waals surface area contributed by atoms with E-state index in [2.05, 4.69) is 4.99 Å². The van der Waals surface area contributed by atoms with Gasteiger partial charge in [-0.25, -0.2) is 4.99 Å². The zero-order chi connectivity index (χ0) is 15.2. The quantitative estimate of drug-likeness (QED) is 0.209. The number of para-hydroxylation sites is 1. The van der Waals surface area contributed by atoms with Crippen molar-refractivity contribution in [1.29, 1.82) is 0 Å². The molecule has 0 saturated carbocycles. The van der Waals surface area contributed by atoms with E-state index in [9.17, 15) is 4.79 Å². The molecular formula is C17H14INOS3. The fraction of sp³-hybridized carbons (Fsp3) is 0.0588. The molecule has 0 bridgehead atoms. The molecule has 0 unspecified atom stereocenters. The summed E-state index contributed by atoms with van der Waals surface area (Å²) in [6.45, 7) is 0. The van der Waals surface area contributed by atoms with E-state index in [4.69, 9.17) is 0 Å². The summed E-state index contributed by atoms with van der Waals surface area (Å²) < 4.78 is 2.11. The number of Topliss-reactive ketones (excluding diaryl/α,β-unsaturated/α-hetero) is 1. The molecule has 1 heterocycles. The average molecular weight is 471 g/mol. The molecule has 0 spiro atoms. The minimum absolute atomic E-state index is 0. The van der Waals surface area contributed by atoms with Crippen molar-refractivity contribution in [3.05, 3.63) is 77.0 Å². The maximum absolute atomic E-state index is 12.1. The lowest BCUT2D eigenvalue weighted by molar-refractivity contribution is 0.102. The second-order valence-electron chi connectivity index (χ2n) is 4.49. The zero-order valence-corrected chi connectivity index (χ0v) is 16.8. The zero-order valence-electron chi connectivity index (χ0n) is 12.0. The molecule has 0 amide bonds. The third-order valence-corrected chi connectivity index (χ3v) is 6.66. The van der Waals surface area contributed by atoms with Crippen LogP contribution in [0.2, 0.25) is 0 Å². The molecule has 0 radical (unpaired) electrons. The van der Waals surface area contributed by atoms with Gasteiger partial charge in [-0.3, -0.25) is 4.79 Å². The van der Waals surface area contributed by atoms with Crippen LogP contribution in [0.4, 0.5) is 5.69 Å². The van der Waals surface area contributed by atoms with Gasteiger partial charge in [-0.1, -0.05) is 69.2 Å². The number of benzene rings is 2. The molecule has 23 heavy (non-hydrogen) atoms. The number of hydrogen-bond acceptors (Lipinski definition) is 5. The SMILES string of the molecule is I.O=C(CSc1cc(=Nc2ccccc2)ss1)c1ccccc1. The highest BCUT2D eigenvalue weighted by atomic mass is 127. The standard InChI is InChI=1S/C17H13NOS3.HI/c19-15(13-7-3-1-4-8-13)12-20-17-11-16(21-22-17)18-14-9-5-2-6-10-14;/h1-11H,12H2;1H. The van der Waals surface area contributed by atoms with Crippen molar-refractivity contribution in [3.63, 3.8) is 0 Å². The number of ketones is 1. The molecule has 118 valence electrons. The first kappa shape index (κ1) is 18.4. The summed E-state index contributed by atoms with van der Waals surface area (Å²) >= 11 is 1.57. The van der Waals surface area contributed by atoms with Gasteiger partial charge in [0.15, 0.2) is 5.78 Å². The summed E-state index contributed by atoms with van der Waals surface area (Å²) in [5.41, 5.74) is 1.72. The number of thioether (sulfide) groups is 1. The number of hydrogen-bond donors (Lipinski definition) is 0. The molecule has 3 rings (SSSR count). The van der Waals surface area contributed by atoms with Gasteiger partial charge in [0.05, 0.1) is 15.6 Å². The third kappa shape index (κ3) is 5.56. The summed E-state index contributed by atoms with van der Waals surface area (Å²) in [7, 11) is 3.30. The van der Waals surface area contributed by atoms with Gasteiger partial charge in [-0.15, -0.1) is 35.7 Å². The predicted octanol–water partition coefficient (Wildman–Crippen LogP) is 5.64. The Kier molecular flexibility index (Phi) is 7.48. The van der Waals surface area contributed by atoms with Crippen LogP contribution >= 0.6 is 56.4 Å². The lowest BCUT2D eigenvalue weighted by atomic mass is 10.2. The van der Waals surface area contributed by atoms with Gasteiger partial charge in [-0.05, 0) is 18.2 Å². The molecule has 3 aromatic rings. The lowest BCUT2D eigenvalue weighted by Gasteiger charge is -1.98. The van der Waals surface area contributed by atoms with Gasteiger partial charge in [-0.2, -0.15) is 0 Å². The first-order valence-corrected chi connectivity index (χ1v) is 9.86. The molecule has 6 heteroatoms. The number of carbonyl (C=O) groups is 1. The first-order chi connectivity index (χ1) is 10.8. The minimum atomic E-state index is 0. The van der Waals surface area contributed by atoms with Crippen LogP contribution in [-0.2, 0) is 0 Å². The van der Waals surface area contributed by atoms with Gasteiger partial charge < -0.3 is 0 Å². The highest BCUT2D eigenvalue weighted by Gasteiger charge is 2.07. The third-order valence-electron chi connectivity index (χ3n) is 2.89. The predicted molar refractivity (Wildman–Crippen MR) is 111 cm³/mol. The Bertz CT molecular complexity index is 812. The monoisotopic (exact) mass is 471 g/mol. The molecule has 2 nitrogen and oxygen atoms in total. The van der Waals surface area contributed by atoms with Crippen LogP contribution in [0, 0.1) is 0 Å². The van der Waals surface area contributed by atoms with Gasteiger partial charge >= 0.3 is 0 Å². The van der Waals surface area contributed by atoms with E-state index in [0.29, 0.717) is 5.75 Å². The van der Waals surface area contributed by atoms with Crippen molar-refractivity contribution >= 4 is 67.9 Å². The van der Waals surface area contributed by atoms with Crippen LogP contribution < -0.4 is 4.67 Å². The molecule has 2 aromatic carbocycles. The molecule has 0 atom stereocenters. The van der Waals surface area contributed by atoms with Gasteiger partial charge in [0.25, 0.3) is 0 Å². The van der Waals surface area contributed by atoms with Crippen LogP contribution in [0.5, 0.6) is 0 Å². The highest BCUT2D eigenvalue weighted by Crippen LogP contribution is 2.25. The van der Waals surface area contributed by atoms with Crippen molar-refractivity contribution in [2.75, 3.05) is 5.75 Å². The molecular weight excluding hydrogens is 457 g/mol. The van der Waals surface area contributed by atoms with Crippen molar-refractivity contribution in [1.82, 2.24) is 0 Å². The molecule has 0 aliphatic rings. The van der Waals surface area contributed by atoms with E-state index in [1.807, 2.05) is 66.7 Å². The van der Waals surface area contributed by atoms with Crippen molar-refractivity contribution in [3.8, 4) is 0 Å². The minimum Gasteiger partial charge on any atom is -0.293 e. The van der Waals surface area contributed by atoms with E-state index >= 15 is 0 Å². The first-order valence-electron chi connectivity index (χ1n) is 6.72. The Labute approximate surface area is 163 Å². The number of halogens is 1. The number of rotatable bonds is 5. The van der Waals surface area contributed by atoms with E-state index in [-0.39, 0.29) is 29.8 Å². The maximum Gasteiger partial charge on any atom is 0.173 e. The van der Waals surface area contributed by atoms with Crippen LogP contribution in [-0.4, -0.2) is 11.5 Å². The molecule has 0 N–H and O–H groups in total. The van der Waals surface area contributed by atoms with Crippen LogP contribution in [0.25, 0.3) is 0 Å². The maximum atomic E-state index is 12.1. The molecule has 0 aliphatic heterocycles. The van der Waals surface area contributed by atoms with Gasteiger partial charge in [0, 0.05) is 5.56 Å². The van der Waals surface area contributed by atoms with E-state index in [1.54, 1.807) is 32.4 Å². The average Bonchev–Trinajstić information content (AvgIpc) is 3.02. The van der Waals surface area contributed by atoms with Crippen LogP contribution in [0.3, 0.4) is 0 Å². The van der Waals surface area contributed by atoms with E-state index < -0.39 is 0 Å². The topological polar surface area (TPSA) is 29.4 Å². The van der Waals surface area contributed by atoms with Crippen molar-refractivity contribution in [2.24, 2.45) is 4.99 Å². The molecule has 1 aromatic heterocycles. The Hall–Kier alpha value is -0.960. The normalized spacial score (nSPS) is 11.0. The fourth-order valence-electron chi connectivity index (χ4n) is 1.82. The Balaban J connectivity index is 0.00000192. The van der Waals surface area contributed by atoms with Crippen molar-refractivity contribution in [2.45, 2.75) is 4.21 Å². The number of carbonyl (C=O) groups excluding carboxylic acids is 1. The van der Waals surface area contributed by atoms with E-state index in [0.717, 1.165) is 20.1 Å². The van der Waals surface area contributed by atoms with Crippen molar-refractivity contribution < 1.29 is 4.79 Å². The summed E-state index contributed by atoms with van der Waals surface area (Å²) in [6.07, 6.45) is 0. The Morgan fingerprint density at radius 1 is 0.957 bits per heavy atom. The highest BCUT2D eigenvalue weighted by molar-refractivity contribution is 14.0. The van der Waals surface area contributed by atoms with Crippen LogP contribution in [0.1, 0.15) is 10.4 Å². The molecule has 0 fully saturated rings. The largest absolute Gasteiger partial charge is 0.293 e. The Morgan fingerprint density at radius 3 is 2.30 bits per heavy atom. The van der Waals surface area contributed by atoms with E-state index in [1.165, 1.54) is 0 Å². The molecule has 0 aliphatic carbocycles. The van der Waals surface area contributed by atoms with Crippen LogP contribution in [0.15, 0.2) is 75.9 Å². The fourth-order valence-corrected chi connectivity index (χ4v) is 5.25. The summed E-state index contributed by atoms with van der Waals surface area (Å²) in [4.78, 5) is 16.7. The van der Waals surface area contributed by atoms with Gasteiger partial charge in [0.1, 0.15) is 4.67 Å². The second kappa shape index (κ2) is 9.36. The Morgan fingerprint density at radius 2 is 1.61 bits per heavy atom. The summed E-state index contributed by atoms with van der Waals surface area (Å²) in [5.74, 6) is 0.618. The number of nitrogens with zero attached hydrogens (tertiary/aromatic N) is 1. The van der Waals surface area contributed by atoms with Gasteiger partial charge in [0.2, 0.25) is 0 Å². The summed E-state index contributed by atoms with van der Waals surface area (Å²) in [6, 6.07) is 21.4. The lowest BCUT2D eigenvalue weighted by Crippen LogP contribution is -2.01. The molecule has 0 saturated heterocycles. The smallest absolute Gasteiger partial charge is 0.173 e. The second-order valence-corrected chi connectivity index (χ2v) is 7.96.